The van der Waals surface area contributed by atoms with Crippen molar-refractivity contribution in [2.24, 2.45) is 0 Å². The quantitative estimate of drug-likeness (QED) is 0.777. The molecule has 0 aliphatic rings. The van der Waals surface area contributed by atoms with Gasteiger partial charge in [-0.15, -0.1) is 0 Å². The number of halogens is 1. The first kappa shape index (κ1) is 13.8. The molecule has 1 aromatic heterocycles. The Morgan fingerprint density at radius 1 is 1.05 bits per heavy atom. The number of hydrogen-bond acceptors (Lipinski definition) is 3. The molecule has 0 saturated carbocycles. The third-order valence-electron chi connectivity index (χ3n) is 2.77. The van der Waals surface area contributed by atoms with Gasteiger partial charge in [-0.2, -0.15) is 4.98 Å². The molecule has 0 fully saturated rings. The maximum absolute atomic E-state index is 5.99. The van der Waals surface area contributed by atoms with E-state index in [4.69, 9.17) is 16.3 Å². The van der Waals surface area contributed by atoms with Gasteiger partial charge in [-0.25, -0.2) is 4.98 Å². The smallest absolute Gasteiger partial charge is 0.218 e. The summed E-state index contributed by atoms with van der Waals surface area (Å²) < 4.78 is 5.84. The average Bonchev–Trinajstić information content (AvgIpc) is 2.39. The zero-order valence-corrected chi connectivity index (χ0v) is 12.1. The molecule has 19 heavy (non-hydrogen) atoms. The van der Waals surface area contributed by atoms with Crippen LogP contribution in [0, 0.1) is 0 Å². The van der Waals surface area contributed by atoms with Gasteiger partial charge in [0.15, 0.2) is 0 Å². The molecule has 0 saturated heterocycles. The Hall–Kier alpha value is -1.61. The van der Waals surface area contributed by atoms with E-state index in [2.05, 4.69) is 9.97 Å². The first-order valence-corrected chi connectivity index (χ1v) is 6.70. The van der Waals surface area contributed by atoms with E-state index in [-0.39, 0.29) is 12.0 Å². The number of rotatable bonds is 4. The monoisotopic (exact) mass is 276 g/mol. The summed E-state index contributed by atoms with van der Waals surface area (Å²) in [5, 5.41) is 0.411. The van der Waals surface area contributed by atoms with E-state index in [9.17, 15) is 0 Å². The lowest BCUT2D eigenvalue weighted by Crippen LogP contribution is -2.06. The molecule has 1 unspecified atom stereocenters. The van der Waals surface area contributed by atoms with Crippen LogP contribution in [0.25, 0.3) is 0 Å². The largest absolute Gasteiger partial charge is 0.470 e. The van der Waals surface area contributed by atoms with Crippen LogP contribution in [0.1, 0.15) is 44.2 Å². The highest BCUT2D eigenvalue weighted by Crippen LogP contribution is 2.23. The van der Waals surface area contributed by atoms with Gasteiger partial charge in [-0.3, -0.25) is 0 Å². The van der Waals surface area contributed by atoms with Gasteiger partial charge in [-0.05, 0) is 12.5 Å². The molecule has 0 N–H and O–H groups in total. The Labute approximate surface area is 118 Å². The molecule has 0 amide bonds. The molecule has 3 nitrogen and oxygen atoms in total. The maximum atomic E-state index is 5.99. The predicted octanol–water partition coefficient (Wildman–Crippen LogP) is 4.39. The lowest BCUT2D eigenvalue weighted by molar-refractivity contribution is 0.216. The number of benzene rings is 1. The molecular weight excluding hydrogens is 260 g/mol. The fraction of sp³-hybridized carbons (Fsp3) is 0.333. The minimum atomic E-state index is -0.0767. The molecule has 2 rings (SSSR count). The highest BCUT2D eigenvalue weighted by atomic mass is 35.5. The fourth-order valence-electron chi connectivity index (χ4n) is 1.71. The topological polar surface area (TPSA) is 35.0 Å². The Morgan fingerprint density at radius 2 is 1.74 bits per heavy atom. The van der Waals surface area contributed by atoms with Crippen molar-refractivity contribution in [3.8, 4) is 5.88 Å². The van der Waals surface area contributed by atoms with Gasteiger partial charge in [0, 0.05) is 12.0 Å². The molecule has 4 heteroatoms. The number of aromatic nitrogens is 2. The van der Waals surface area contributed by atoms with Crippen LogP contribution in [0.3, 0.4) is 0 Å². The summed E-state index contributed by atoms with van der Waals surface area (Å²) in [5.41, 5.74) is 1.10. The number of ether oxygens (including phenoxy) is 1. The molecule has 0 aliphatic heterocycles. The van der Waals surface area contributed by atoms with Gasteiger partial charge in [-0.1, -0.05) is 55.8 Å². The number of nitrogens with zero attached hydrogens (tertiary/aromatic N) is 2. The summed E-state index contributed by atoms with van der Waals surface area (Å²) in [6, 6.07) is 11.7. The Balaban J connectivity index is 2.19. The van der Waals surface area contributed by atoms with E-state index < -0.39 is 0 Å². The van der Waals surface area contributed by atoms with Crippen molar-refractivity contribution in [3.63, 3.8) is 0 Å². The van der Waals surface area contributed by atoms with Crippen LogP contribution < -0.4 is 4.74 Å². The van der Waals surface area contributed by atoms with Crippen molar-refractivity contribution in [1.29, 1.82) is 0 Å². The van der Waals surface area contributed by atoms with E-state index in [0.29, 0.717) is 16.9 Å². The van der Waals surface area contributed by atoms with Crippen LogP contribution in [0.4, 0.5) is 0 Å². The van der Waals surface area contributed by atoms with E-state index in [1.165, 1.54) is 0 Å². The van der Waals surface area contributed by atoms with Gasteiger partial charge in [0.2, 0.25) is 5.88 Å². The Morgan fingerprint density at radius 3 is 2.37 bits per heavy atom. The van der Waals surface area contributed by atoms with Crippen molar-refractivity contribution in [1.82, 2.24) is 9.97 Å². The lowest BCUT2D eigenvalue weighted by atomic mass is 10.1. The third-order valence-corrected chi connectivity index (χ3v) is 2.97. The van der Waals surface area contributed by atoms with Gasteiger partial charge < -0.3 is 4.74 Å². The van der Waals surface area contributed by atoms with Crippen molar-refractivity contribution in [3.05, 3.63) is 52.9 Å². The summed E-state index contributed by atoms with van der Waals surface area (Å²) in [6.07, 6.45) is -0.0767. The van der Waals surface area contributed by atoms with Gasteiger partial charge in [0.05, 0.1) is 0 Å². The lowest BCUT2D eigenvalue weighted by Gasteiger charge is -2.15. The molecule has 0 aliphatic carbocycles. The minimum Gasteiger partial charge on any atom is -0.470 e. The SMILES string of the molecule is CC(C)c1nc(Cl)cc(OC(C)c2ccccc2)n1. The van der Waals surface area contributed by atoms with E-state index in [1.807, 2.05) is 51.1 Å². The number of hydrogen-bond donors (Lipinski definition) is 0. The average molecular weight is 277 g/mol. The van der Waals surface area contributed by atoms with E-state index in [0.717, 1.165) is 5.56 Å². The molecule has 0 radical (unpaired) electrons. The van der Waals surface area contributed by atoms with Crippen LogP contribution in [-0.2, 0) is 0 Å². The summed E-state index contributed by atoms with van der Waals surface area (Å²) in [7, 11) is 0. The van der Waals surface area contributed by atoms with Crippen LogP contribution >= 0.6 is 11.6 Å². The third kappa shape index (κ3) is 3.67. The molecular formula is C15H17ClN2O. The second kappa shape index (κ2) is 6.02. The summed E-state index contributed by atoms with van der Waals surface area (Å²) >= 11 is 5.99. The Kier molecular flexibility index (Phi) is 4.38. The summed E-state index contributed by atoms with van der Waals surface area (Å²) in [4.78, 5) is 8.57. The first-order valence-electron chi connectivity index (χ1n) is 6.32. The molecule has 1 aromatic carbocycles. The highest BCUT2D eigenvalue weighted by molar-refractivity contribution is 6.29. The van der Waals surface area contributed by atoms with Crippen molar-refractivity contribution in [2.45, 2.75) is 32.8 Å². The van der Waals surface area contributed by atoms with Gasteiger partial charge in [0.25, 0.3) is 0 Å². The molecule has 1 atom stereocenters. The fourth-order valence-corrected chi connectivity index (χ4v) is 1.89. The zero-order valence-electron chi connectivity index (χ0n) is 11.3. The highest BCUT2D eigenvalue weighted by Gasteiger charge is 2.11. The van der Waals surface area contributed by atoms with Crippen LogP contribution in [0.2, 0.25) is 5.15 Å². The van der Waals surface area contributed by atoms with Gasteiger partial charge >= 0.3 is 0 Å². The van der Waals surface area contributed by atoms with Crippen LogP contribution in [-0.4, -0.2) is 9.97 Å². The van der Waals surface area contributed by atoms with Crippen LogP contribution in [0.5, 0.6) is 5.88 Å². The molecule has 1 heterocycles. The van der Waals surface area contributed by atoms with E-state index in [1.54, 1.807) is 6.07 Å². The minimum absolute atomic E-state index is 0.0767. The van der Waals surface area contributed by atoms with Gasteiger partial charge in [0.1, 0.15) is 17.1 Å². The summed E-state index contributed by atoms with van der Waals surface area (Å²) in [5.74, 6) is 1.43. The van der Waals surface area contributed by atoms with Crippen LogP contribution in [0.15, 0.2) is 36.4 Å². The zero-order chi connectivity index (χ0) is 13.8. The first-order chi connectivity index (χ1) is 9.06. The van der Waals surface area contributed by atoms with Crippen molar-refractivity contribution < 1.29 is 4.74 Å². The van der Waals surface area contributed by atoms with Crippen molar-refractivity contribution in [2.75, 3.05) is 0 Å². The predicted molar refractivity (Wildman–Crippen MR) is 76.6 cm³/mol. The molecule has 0 bridgehead atoms. The normalized spacial score (nSPS) is 12.5. The van der Waals surface area contributed by atoms with E-state index >= 15 is 0 Å². The van der Waals surface area contributed by atoms with Crippen molar-refractivity contribution >= 4 is 11.6 Å². The standard InChI is InChI=1S/C15H17ClN2O/c1-10(2)15-17-13(16)9-14(18-15)19-11(3)12-7-5-4-6-8-12/h4-11H,1-3H3. The second-order valence-corrected chi connectivity index (χ2v) is 5.10. The maximum Gasteiger partial charge on any atom is 0.218 e. The second-order valence-electron chi connectivity index (χ2n) is 4.71. The molecule has 0 spiro atoms. The molecule has 100 valence electrons. The Bertz CT molecular complexity index is 543. The summed E-state index contributed by atoms with van der Waals surface area (Å²) in [6.45, 7) is 6.03. The molecule has 2 aromatic rings.